The third-order valence-corrected chi connectivity index (χ3v) is 1.22. The molecular weight excluding hydrogens is 134 g/mol. The Morgan fingerprint density at radius 1 is 1.90 bits per heavy atom. The van der Waals surface area contributed by atoms with E-state index in [1.54, 1.807) is 0 Å². The Bertz CT molecular complexity index is 241. The third kappa shape index (κ3) is 1.00. The zero-order valence-corrected chi connectivity index (χ0v) is 5.50. The number of hydrogen-bond acceptors (Lipinski definition) is 3. The van der Waals surface area contributed by atoms with Crippen LogP contribution in [0.15, 0.2) is 10.7 Å². The molecule has 1 N–H and O–H groups in total. The van der Waals surface area contributed by atoms with Gasteiger partial charge in [0.05, 0.1) is 6.20 Å². The number of aromatic carboxylic acids is 1. The first-order chi connectivity index (χ1) is 4.75. The number of carboxylic acids is 1. The van der Waals surface area contributed by atoms with Gasteiger partial charge in [-0.2, -0.15) is 0 Å². The first-order valence-electron chi connectivity index (χ1n) is 2.92. The largest absolute Gasteiger partial charge is 0.475 e. The molecule has 0 saturated carbocycles. The average Bonchev–Trinajstić information content (AvgIpc) is 2.33. The molecule has 1 rings (SSSR count). The van der Waals surface area contributed by atoms with Crippen LogP contribution in [0.1, 0.15) is 23.0 Å². The Balaban J connectivity index is 3.01. The van der Waals surface area contributed by atoms with E-state index >= 15 is 0 Å². The van der Waals surface area contributed by atoms with Gasteiger partial charge in [0.25, 0.3) is 0 Å². The van der Waals surface area contributed by atoms with Gasteiger partial charge in [0.15, 0.2) is 0 Å². The summed E-state index contributed by atoms with van der Waals surface area (Å²) in [7, 11) is 0. The summed E-state index contributed by atoms with van der Waals surface area (Å²) in [5, 5.41) is 11.8. The number of aryl methyl sites for hydroxylation is 1. The summed E-state index contributed by atoms with van der Waals surface area (Å²) >= 11 is 0. The molecule has 0 amide bonds. The van der Waals surface area contributed by atoms with Crippen molar-refractivity contribution >= 4 is 5.97 Å². The van der Waals surface area contributed by atoms with Gasteiger partial charge in [-0.1, -0.05) is 12.1 Å². The molecule has 1 heterocycles. The van der Waals surface area contributed by atoms with E-state index in [1.165, 1.54) is 6.20 Å². The molecule has 0 aliphatic heterocycles. The van der Waals surface area contributed by atoms with Crippen molar-refractivity contribution in [2.24, 2.45) is 0 Å². The Morgan fingerprint density at radius 2 is 2.60 bits per heavy atom. The van der Waals surface area contributed by atoms with Crippen LogP contribution >= 0.6 is 0 Å². The van der Waals surface area contributed by atoms with E-state index in [2.05, 4.69) is 9.68 Å². The molecule has 54 valence electrons. The highest BCUT2D eigenvalue weighted by Gasteiger charge is 2.12. The van der Waals surface area contributed by atoms with Gasteiger partial charge in [-0.25, -0.2) is 4.79 Å². The maximum Gasteiger partial charge on any atom is 0.375 e. The maximum absolute atomic E-state index is 10.3. The van der Waals surface area contributed by atoms with Crippen LogP contribution in [0.3, 0.4) is 0 Å². The average molecular weight is 141 g/mol. The molecule has 0 aliphatic rings. The van der Waals surface area contributed by atoms with Gasteiger partial charge in [-0.3, -0.25) is 0 Å². The molecule has 0 saturated heterocycles. The van der Waals surface area contributed by atoms with Gasteiger partial charge in [-0.05, 0) is 6.42 Å². The summed E-state index contributed by atoms with van der Waals surface area (Å²) < 4.78 is 4.47. The van der Waals surface area contributed by atoms with Crippen molar-refractivity contribution in [2.45, 2.75) is 13.3 Å². The Labute approximate surface area is 57.4 Å². The van der Waals surface area contributed by atoms with Crippen LogP contribution < -0.4 is 0 Å². The highest BCUT2D eigenvalue weighted by Crippen LogP contribution is 2.07. The lowest BCUT2D eigenvalue weighted by Gasteiger charge is -1.87. The highest BCUT2D eigenvalue weighted by molar-refractivity contribution is 5.85. The lowest BCUT2D eigenvalue weighted by Crippen LogP contribution is -1.97. The van der Waals surface area contributed by atoms with Gasteiger partial charge in [0.1, 0.15) is 0 Å². The van der Waals surface area contributed by atoms with Crippen LogP contribution in [-0.2, 0) is 6.42 Å². The summed E-state index contributed by atoms with van der Waals surface area (Å²) in [5.41, 5.74) is 0.632. The molecule has 0 fully saturated rings. The molecule has 1 aromatic heterocycles. The van der Waals surface area contributed by atoms with Crippen LogP contribution in [0.2, 0.25) is 0 Å². The fraction of sp³-hybridized carbons (Fsp3) is 0.333. The zero-order valence-electron chi connectivity index (χ0n) is 5.50. The van der Waals surface area contributed by atoms with Crippen molar-refractivity contribution in [1.29, 1.82) is 0 Å². The van der Waals surface area contributed by atoms with Gasteiger partial charge < -0.3 is 9.63 Å². The van der Waals surface area contributed by atoms with Crippen molar-refractivity contribution in [2.75, 3.05) is 0 Å². The molecule has 0 atom stereocenters. The minimum absolute atomic E-state index is 0.0532. The molecule has 10 heavy (non-hydrogen) atoms. The smallest absolute Gasteiger partial charge is 0.375 e. The molecule has 4 nitrogen and oxygen atoms in total. The van der Waals surface area contributed by atoms with Crippen molar-refractivity contribution in [3.63, 3.8) is 0 Å². The molecule has 0 aromatic carbocycles. The van der Waals surface area contributed by atoms with Crippen LogP contribution in [0.25, 0.3) is 0 Å². The number of aromatic nitrogens is 1. The first-order valence-corrected chi connectivity index (χ1v) is 2.92. The summed E-state index contributed by atoms with van der Waals surface area (Å²) in [6.07, 6.45) is 2.05. The molecule has 0 aliphatic carbocycles. The second kappa shape index (κ2) is 2.51. The number of carboxylic acid groups (broad SMARTS) is 1. The monoisotopic (exact) mass is 141 g/mol. The minimum Gasteiger partial charge on any atom is -0.475 e. The second-order valence-electron chi connectivity index (χ2n) is 1.84. The number of nitrogens with zero attached hydrogens (tertiary/aromatic N) is 1. The van der Waals surface area contributed by atoms with E-state index in [-0.39, 0.29) is 5.76 Å². The standard InChI is InChI=1S/C6H7NO3/c1-2-4-3-7-10-5(4)6(8)9/h3H,2H2,1H3,(H,8,9). The Hall–Kier alpha value is -1.32. The van der Waals surface area contributed by atoms with Crippen molar-refractivity contribution in [3.05, 3.63) is 17.5 Å². The fourth-order valence-corrected chi connectivity index (χ4v) is 0.688. The third-order valence-electron chi connectivity index (χ3n) is 1.22. The highest BCUT2D eigenvalue weighted by atomic mass is 16.5. The van der Waals surface area contributed by atoms with Crippen LogP contribution in [0.4, 0.5) is 0 Å². The van der Waals surface area contributed by atoms with E-state index in [4.69, 9.17) is 5.11 Å². The summed E-state index contributed by atoms with van der Waals surface area (Å²) in [6.45, 7) is 1.85. The topological polar surface area (TPSA) is 63.3 Å². The van der Waals surface area contributed by atoms with Gasteiger partial charge in [0.2, 0.25) is 5.76 Å². The van der Waals surface area contributed by atoms with Crippen LogP contribution in [-0.4, -0.2) is 16.2 Å². The Kier molecular flexibility index (Phi) is 1.71. The lowest BCUT2D eigenvalue weighted by atomic mass is 10.2. The SMILES string of the molecule is CCc1cnoc1C(=O)O. The zero-order chi connectivity index (χ0) is 7.56. The molecule has 0 spiro atoms. The van der Waals surface area contributed by atoms with E-state index in [0.717, 1.165) is 0 Å². The first kappa shape index (κ1) is 6.80. The predicted molar refractivity (Wildman–Crippen MR) is 32.8 cm³/mol. The second-order valence-corrected chi connectivity index (χ2v) is 1.84. The van der Waals surface area contributed by atoms with Crippen LogP contribution in [0, 0.1) is 0 Å². The quantitative estimate of drug-likeness (QED) is 0.665. The molecule has 0 radical (unpaired) electrons. The van der Waals surface area contributed by atoms with E-state index in [0.29, 0.717) is 12.0 Å². The predicted octanol–water partition coefficient (Wildman–Crippen LogP) is 0.935. The summed E-state index contributed by atoms with van der Waals surface area (Å²) in [4.78, 5) is 10.3. The molecule has 1 aromatic rings. The maximum atomic E-state index is 10.3. The molecule has 0 unspecified atom stereocenters. The molecule has 4 heteroatoms. The summed E-state index contributed by atoms with van der Waals surface area (Å²) in [5.74, 6) is -1.11. The van der Waals surface area contributed by atoms with Crippen LogP contribution in [0.5, 0.6) is 0 Å². The number of carbonyl (C=O) groups is 1. The number of rotatable bonds is 2. The fourth-order valence-electron chi connectivity index (χ4n) is 0.688. The lowest BCUT2D eigenvalue weighted by molar-refractivity contribution is 0.0650. The number of hydrogen-bond donors (Lipinski definition) is 1. The molecular formula is C6H7NO3. The minimum atomic E-state index is -1.06. The van der Waals surface area contributed by atoms with Crippen molar-refractivity contribution in [1.82, 2.24) is 5.16 Å². The van der Waals surface area contributed by atoms with Gasteiger partial charge in [0, 0.05) is 5.56 Å². The van der Waals surface area contributed by atoms with Crippen molar-refractivity contribution in [3.8, 4) is 0 Å². The van der Waals surface area contributed by atoms with E-state index < -0.39 is 5.97 Å². The van der Waals surface area contributed by atoms with Crippen molar-refractivity contribution < 1.29 is 14.4 Å². The summed E-state index contributed by atoms with van der Waals surface area (Å²) in [6, 6.07) is 0. The Morgan fingerprint density at radius 3 is 3.00 bits per heavy atom. The normalized spacial score (nSPS) is 9.70. The van der Waals surface area contributed by atoms with Gasteiger partial charge >= 0.3 is 5.97 Å². The van der Waals surface area contributed by atoms with E-state index in [1.807, 2.05) is 6.92 Å². The van der Waals surface area contributed by atoms with Gasteiger partial charge in [-0.15, -0.1) is 0 Å². The molecule has 0 bridgehead atoms. The van der Waals surface area contributed by atoms with E-state index in [9.17, 15) is 4.79 Å².